The predicted molar refractivity (Wildman–Crippen MR) is 61.2 cm³/mol. The second-order valence-corrected chi connectivity index (χ2v) is 5.33. The number of amides is 1. The van der Waals surface area contributed by atoms with E-state index in [0.717, 1.165) is 6.54 Å². The summed E-state index contributed by atoms with van der Waals surface area (Å²) >= 11 is 0. The van der Waals surface area contributed by atoms with Gasteiger partial charge in [0, 0.05) is 13.1 Å². The van der Waals surface area contributed by atoms with E-state index < -0.39 is 5.60 Å². The molecule has 0 aromatic heterocycles. The van der Waals surface area contributed by atoms with Crippen LogP contribution in [-0.2, 0) is 9.53 Å². The first-order valence-electron chi connectivity index (χ1n) is 5.65. The van der Waals surface area contributed by atoms with E-state index in [1.807, 2.05) is 20.8 Å². The molecule has 1 fully saturated rings. The van der Waals surface area contributed by atoms with Crippen molar-refractivity contribution in [2.24, 2.45) is 0 Å². The van der Waals surface area contributed by atoms with Gasteiger partial charge in [-0.3, -0.25) is 4.79 Å². The average Bonchev–Trinajstić information content (AvgIpc) is 2.59. The van der Waals surface area contributed by atoms with Crippen LogP contribution in [0.25, 0.3) is 0 Å². The zero-order valence-electron chi connectivity index (χ0n) is 10.3. The predicted octanol–water partition coefficient (Wildman–Crippen LogP) is -0.358. The first-order chi connectivity index (χ1) is 7.31. The summed E-state index contributed by atoms with van der Waals surface area (Å²) in [5.41, 5.74) is -1.11. The molecule has 1 aliphatic heterocycles. The van der Waals surface area contributed by atoms with Gasteiger partial charge < -0.3 is 20.5 Å². The fourth-order valence-electron chi connectivity index (χ4n) is 1.48. The minimum atomic E-state index is -0.794. The largest absolute Gasteiger partial charge is 0.387 e. The van der Waals surface area contributed by atoms with Crippen molar-refractivity contribution in [2.75, 3.05) is 26.2 Å². The quantitative estimate of drug-likeness (QED) is 0.617. The van der Waals surface area contributed by atoms with Gasteiger partial charge in [-0.15, -0.1) is 0 Å². The molecule has 1 saturated heterocycles. The molecule has 1 rings (SSSR count). The van der Waals surface area contributed by atoms with Crippen LogP contribution in [-0.4, -0.2) is 48.5 Å². The maximum Gasteiger partial charge on any atom is 0.246 e. The number of carbonyl (C=O) groups excluding carboxylic acids is 1. The third-order valence-corrected chi connectivity index (χ3v) is 2.47. The number of aliphatic hydroxyl groups is 1. The molecule has 0 aromatic rings. The molecule has 16 heavy (non-hydrogen) atoms. The summed E-state index contributed by atoms with van der Waals surface area (Å²) in [4.78, 5) is 11.4. The Bertz CT molecular complexity index is 242. The second-order valence-electron chi connectivity index (χ2n) is 5.33. The Labute approximate surface area is 96.6 Å². The molecular formula is C11H22N2O3. The lowest BCUT2D eigenvalue weighted by atomic mass is 10.0. The van der Waals surface area contributed by atoms with Crippen molar-refractivity contribution < 1.29 is 14.6 Å². The molecule has 5 nitrogen and oxygen atoms in total. The van der Waals surface area contributed by atoms with Crippen LogP contribution in [0.15, 0.2) is 0 Å². The van der Waals surface area contributed by atoms with E-state index >= 15 is 0 Å². The van der Waals surface area contributed by atoms with Gasteiger partial charge in [0.1, 0.15) is 6.61 Å². The van der Waals surface area contributed by atoms with Crippen molar-refractivity contribution in [1.82, 2.24) is 10.6 Å². The monoisotopic (exact) mass is 230 g/mol. The summed E-state index contributed by atoms with van der Waals surface area (Å²) in [7, 11) is 0. The van der Waals surface area contributed by atoms with Crippen LogP contribution >= 0.6 is 0 Å². The first-order valence-corrected chi connectivity index (χ1v) is 5.65. The molecule has 1 amide bonds. The highest BCUT2D eigenvalue weighted by molar-refractivity contribution is 5.77. The molecular weight excluding hydrogens is 208 g/mol. The molecule has 1 heterocycles. The normalized spacial score (nSPS) is 25.8. The van der Waals surface area contributed by atoms with Crippen molar-refractivity contribution >= 4 is 5.91 Å². The minimum Gasteiger partial charge on any atom is -0.387 e. The molecule has 5 heteroatoms. The minimum absolute atomic E-state index is 0.0347. The van der Waals surface area contributed by atoms with Gasteiger partial charge in [-0.2, -0.15) is 0 Å². The fraction of sp³-hybridized carbons (Fsp3) is 0.909. The van der Waals surface area contributed by atoms with E-state index in [9.17, 15) is 9.90 Å². The Morgan fingerprint density at radius 1 is 1.56 bits per heavy atom. The summed E-state index contributed by atoms with van der Waals surface area (Å²) < 4.78 is 5.33. The fourth-order valence-corrected chi connectivity index (χ4v) is 1.48. The second kappa shape index (κ2) is 5.12. The Balaban J connectivity index is 2.20. The van der Waals surface area contributed by atoms with Gasteiger partial charge in [-0.1, -0.05) is 0 Å². The maximum atomic E-state index is 11.4. The smallest absolute Gasteiger partial charge is 0.246 e. The van der Waals surface area contributed by atoms with Crippen molar-refractivity contribution in [3.8, 4) is 0 Å². The van der Waals surface area contributed by atoms with Gasteiger partial charge in [0.25, 0.3) is 0 Å². The number of ether oxygens (including phenoxy) is 1. The summed E-state index contributed by atoms with van der Waals surface area (Å²) in [6.07, 6.45) is 0.674. The van der Waals surface area contributed by atoms with Gasteiger partial charge in [-0.25, -0.2) is 0 Å². The molecule has 0 aliphatic carbocycles. The van der Waals surface area contributed by atoms with Gasteiger partial charge in [0.05, 0.1) is 11.2 Å². The number of β-amino-alcohol motifs (C(OH)–C–C–N with tert-alkyl or cyclic N) is 1. The van der Waals surface area contributed by atoms with Crippen LogP contribution in [0.2, 0.25) is 0 Å². The van der Waals surface area contributed by atoms with E-state index in [-0.39, 0.29) is 24.7 Å². The Morgan fingerprint density at radius 2 is 2.25 bits per heavy atom. The van der Waals surface area contributed by atoms with Crippen LogP contribution in [0.3, 0.4) is 0 Å². The van der Waals surface area contributed by atoms with Crippen LogP contribution < -0.4 is 10.6 Å². The van der Waals surface area contributed by atoms with E-state index in [2.05, 4.69) is 10.6 Å². The van der Waals surface area contributed by atoms with Crippen molar-refractivity contribution in [2.45, 2.75) is 38.4 Å². The highest BCUT2D eigenvalue weighted by Gasteiger charge is 2.31. The highest BCUT2D eigenvalue weighted by atomic mass is 16.5. The summed E-state index contributed by atoms with van der Waals surface area (Å²) in [5.74, 6) is -0.185. The molecule has 0 bridgehead atoms. The first kappa shape index (κ1) is 13.4. The third-order valence-electron chi connectivity index (χ3n) is 2.47. The van der Waals surface area contributed by atoms with E-state index in [4.69, 9.17) is 4.74 Å². The number of nitrogens with one attached hydrogen (secondary N) is 2. The standard InChI is InChI=1S/C11H22N2O3/c1-10(2,3)16-6-9(14)13-8-11(15)4-5-12-7-11/h12,15H,4-8H2,1-3H3,(H,13,14). The van der Waals surface area contributed by atoms with Gasteiger partial charge in [0.15, 0.2) is 0 Å². The van der Waals surface area contributed by atoms with Crippen LogP contribution in [0.5, 0.6) is 0 Å². The van der Waals surface area contributed by atoms with Crippen molar-refractivity contribution in [3.63, 3.8) is 0 Å². The molecule has 0 saturated carbocycles. The van der Waals surface area contributed by atoms with Gasteiger partial charge in [0.2, 0.25) is 5.91 Å². The average molecular weight is 230 g/mol. The highest BCUT2D eigenvalue weighted by Crippen LogP contribution is 2.12. The molecule has 0 radical (unpaired) electrons. The van der Waals surface area contributed by atoms with Crippen molar-refractivity contribution in [1.29, 1.82) is 0 Å². The third kappa shape index (κ3) is 4.92. The zero-order valence-corrected chi connectivity index (χ0v) is 10.3. The summed E-state index contributed by atoms with van der Waals surface area (Å²) in [6.45, 7) is 7.34. The summed E-state index contributed by atoms with van der Waals surface area (Å²) in [6, 6.07) is 0. The Kier molecular flexibility index (Phi) is 4.29. The molecule has 3 N–H and O–H groups in total. The van der Waals surface area contributed by atoms with Crippen LogP contribution in [0.4, 0.5) is 0 Å². The topological polar surface area (TPSA) is 70.6 Å². The summed E-state index contributed by atoms with van der Waals surface area (Å²) in [5, 5.41) is 15.7. The number of hydrogen-bond acceptors (Lipinski definition) is 4. The van der Waals surface area contributed by atoms with E-state index in [1.165, 1.54) is 0 Å². The number of rotatable bonds is 4. The van der Waals surface area contributed by atoms with E-state index in [1.54, 1.807) is 0 Å². The number of hydrogen-bond donors (Lipinski definition) is 3. The molecule has 0 spiro atoms. The Hall–Kier alpha value is -0.650. The van der Waals surface area contributed by atoms with Gasteiger partial charge >= 0.3 is 0 Å². The lowest BCUT2D eigenvalue weighted by Gasteiger charge is -2.23. The van der Waals surface area contributed by atoms with Crippen LogP contribution in [0.1, 0.15) is 27.2 Å². The Morgan fingerprint density at radius 3 is 2.75 bits per heavy atom. The SMILES string of the molecule is CC(C)(C)OCC(=O)NCC1(O)CCNC1. The molecule has 1 atom stereocenters. The molecule has 1 unspecified atom stereocenters. The molecule has 94 valence electrons. The molecule has 0 aromatic carbocycles. The maximum absolute atomic E-state index is 11.4. The number of carbonyl (C=O) groups is 1. The lowest BCUT2D eigenvalue weighted by molar-refractivity contribution is -0.131. The van der Waals surface area contributed by atoms with E-state index in [0.29, 0.717) is 13.0 Å². The van der Waals surface area contributed by atoms with Crippen molar-refractivity contribution in [3.05, 3.63) is 0 Å². The van der Waals surface area contributed by atoms with Crippen LogP contribution in [0, 0.1) is 0 Å². The zero-order chi connectivity index (χ0) is 12.2. The molecule has 1 aliphatic rings. The lowest BCUT2D eigenvalue weighted by Crippen LogP contribution is -2.45. The van der Waals surface area contributed by atoms with Gasteiger partial charge in [-0.05, 0) is 33.7 Å².